The third kappa shape index (κ3) is 2.85. The molecule has 110 valence electrons. The smallest absolute Gasteiger partial charge is 0.330 e. The van der Waals surface area contributed by atoms with Crippen molar-refractivity contribution in [1.82, 2.24) is 0 Å². The van der Waals surface area contributed by atoms with E-state index in [1.54, 1.807) is 0 Å². The van der Waals surface area contributed by atoms with Gasteiger partial charge in [0.25, 0.3) is 0 Å². The van der Waals surface area contributed by atoms with Gasteiger partial charge in [-0.15, -0.1) is 0 Å². The first-order valence-corrected chi connectivity index (χ1v) is 6.37. The highest BCUT2D eigenvalue weighted by atomic mass is 19.4. The van der Waals surface area contributed by atoms with Crippen LogP contribution in [0.25, 0.3) is 0 Å². The third-order valence-electron chi connectivity index (χ3n) is 3.98. The van der Waals surface area contributed by atoms with Crippen LogP contribution in [0.4, 0.5) is 17.6 Å². The minimum absolute atomic E-state index is 0.0322. The molecule has 0 spiro atoms. The number of alkyl halides is 3. The Bertz CT molecular complexity index is 515. The molecule has 0 bridgehead atoms. The summed E-state index contributed by atoms with van der Waals surface area (Å²) < 4.78 is 50.7. The molecule has 6 heteroatoms. The van der Waals surface area contributed by atoms with Crippen molar-refractivity contribution in [1.29, 1.82) is 0 Å². The topological polar surface area (TPSA) is 43.1 Å². The molecule has 0 aromatic heterocycles. The van der Waals surface area contributed by atoms with E-state index >= 15 is 0 Å². The van der Waals surface area contributed by atoms with Crippen molar-refractivity contribution in [2.24, 2.45) is 11.1 Å². The van der Waals surface area contributed by atoms with Crippen LogP contribution in [0.3, 0.4) is 0 Å². The zero-order chi connectivity index (χ0) is 15.0. The van der Waals surface area contributed by atoms with E-state index in [-0.39, 0.29) is 23.2 Å². The maximum atomic E-state index is 13.4. The van der Waals surface area contributed by atoms with Gasteiger partial charge >= 0.3 is 6.18 Å². The average Bonchev–Trinajstić information content (AvgIpc) is 2.31. The summed E-state index contributed by atoms with van der Waals surface area (Å²) in [5.41, 5.74) is 3.99. The number of benzene rings is 1. The minimum Gasteiger partial charge on any atom is -0.330 e. The molecule has 1 aromatic rings. The Balaban J connectivity index is 2.17. The molecule has 0 amide bonds. The van der Waals surface area contributed by atoms with Crippen LogP contribution in [0, 0.1) is 11.2 Å². The van der Waals surface area contributed by atoms with Gasteiger partial charge in [0.15, 0.2) is 5.78 Å². The van der Waals surface area contributed by atoms with E-state index in [0.717, 1.165) is 25.3 Å². The molecular formula is C14H15F4NO. The highest BCUT2D eigenvalue weighted by Gasteiger charge is 2.38. The molecule has 0 saturated heterocycles. The predicted molar refractivity (Wildman–Crippen MR) is 65.7 cm³/mol. The quantitative estimate of drug-likeness (QED) is 0.680. The number of carbonyl (C=O) groups is 1. The second-order valence-electron chi connectivity index (χ2n) is 5.35. The lowest BCUT2D eigenvalue weighted by Gasteiger charge is -2.40. The molecule has 1 aliphatic rings. The van der Waals surface area contributed by atoms with E-state index in [0.29, 0.717) is 18.7 Å². The number of hydrogen-bond donors (Lipinski definition) is 1. The molecule has 0 atom stereocenters. The van der Waals surface area contributed by atoms with Crippen molar-refractivity contribution in [3.05, 3.63) is 35.1 Å². The monoisotopic (exact) mass is 289 g/mol. The lowest BCUT2D eigenvalue weighted by Crippen LogP contribution is -2.39. The molecule has 20 heavy (non-hydrogen) atoms. The van der Waals surface area contributed by atoms with Crippen LogP contribution in [0.15, 0.2) is 18.2 Å². The van der Waals surface area contributed by atoms with Gasteiger partial charge in [-0.25, -0.2) is 4.39 Å². The van der Waals surface area contributed by atoms with Crippen molar-refractivity contribution in [3.8, 4) is 0 Å². The number of nitrogens with two attached hydrogens (primary N) is 1. The molecule has 2 N–H and O–H groups in total. The van der Waals surface area contributed by atoms with Crippen LogP contribution in [0.1, 0.15) is 41.6 Å². The van der Waals surface area contributed by atoms with E-state index in [4.69, 9.17) is 5.73 Å². The lowest BCUT2D eigenvalue weighted by atomic mass is 9.65. The first-order chi connectivity index (χ1) is 9.27. The summed E-state index contributed by atoms with van der Waals surface area (Å²) in [5, 5.41) is 0. The van der Waals surface area contributed by atoms with E-state index in [2.05, 4.69) is 0 Å². The molecule has 1 fully saturated rings. The molecule has 0 unspecified atom stereocenters. The van der Waals surface area contributed by atoms with Crippen LogP contribution >= 0.6 is 0 Å². The largest absolute Gasteiger partial charge is 0.419 e. The van der Waals surface area contributed by atoms with Gasteiger partial charge in [-0.3, -0.25) is 4.79 Å². The van der Waals surface area contributed by atoms with Crippen LogP contribution in [-0.2, 0) is 6.18 Å². The van der Waals surface area contributed by atoms with Crippen molar-refractivity contribution >= 4 is 5.78 Å². The van der Waals surface area contributed by atoms with Gasteiger partial charge in [0, 0.05) is 12.0 Å². The van der Waals surface area contributed by atoms with E-state index in [1.807, 2.05) is 0 Å². The average molecular weight is 289 g/mol. The fraction of sp³-hybridized carbons (Fsp3) is 0.500. The summed E-state index contributed by atoms with van der Waals surface area (Å²) in [4.78, 5) is 12.0. The molecule has 1 aliphatic carbocycles. The van der Waals surface area contributed by atoms with Gasteiger partial charge in [0.1, 0.15) is 5.82 Å². The Kier molecular flexibility index (Phi) is 3.86. The predicted octanol–water partition coefficient (Wildman–Crippen LogP) is 3.55. The standard InChI is InChI=1S/C14H15F4NO/c15-11-6-9(2-3-10(11)14(16,17)18)12(20)7-13(8-19)4-1-5-13/h2-3,6H,1,4-5,7-8,19H2. The Morgan fingerprint density at radius 2 is 1.95 bits per heavy atom. The highest BCUT2D eigenvalue weighted by molar-refractivity contribution is 5.96. The maximum Gasteiger partial charge on any atom is 0.419 e. The SMILES string of the molecule is NCC1(CC(=O)c2ccc(C(F)(F)F)c(F)c2)CCC1. The Labute approximate surface area is 114 Å². The zero-order valence-corrected chi connectivity index (χ0v) is 10.8. The molecule has 1 saturated carbocycles. The lowest BCUT2D eigenvalue weighted by molar-refractivity contribution is -0.140. The first kappa shape index (κ1) is 15.0. The normalized spacial score (nSPS) is 17.6. The third-order valence-corrected chi connectivity index (χ3v) is 3.98. The summed E-state index contributed by atoms with van der Waals surface area (Å²) in [6, 6.07) is 2.30. The van der Waals surface area contributed by atoms with Crippen LogP contribution in [0.5, 0.6) is 0 Å². The Hall–Kier alpha value is -1.43. The zero-order valence-electron chi connectivity index (χ0n) is 10.8. The number of ketones is 1. The van der Waals surface area contributed by atoms with Gasteiger partial charge in [0.2, 0.25) is 0 Å². The van der Waals surface area contributed by atoms with Gasteiger partial charge < -0.3 is 5.73 Å². The highest BCUT2D eigenvalue weighted by Crippen LogP contribution is 2.43. The van der Waals surface area contributed by atoms with Crippen LogP contribution < -0.4 is 5.73 Å². The van der Waals surface area contributed by atoms with Crippen molar-refractivity contribution in [2.75, 3.05) is 6.54 Å². The fourth-order valence-corrected chi connectivity index (χ4v) is 2.49. The second kappa shape index (κ2) is 5.16. The number of carbonyl (C=O) groups excluding carboxylic acids is 1. The van der Waals surface area contributed by atoms with Crippen LogP contribution in [0.2, 0.25) is 0 Å². The molecule has 0 radical (unpaired) electrons. The van der Waals surface area contributed by atoms with Gasteiger partial charge in [-0.2, -0.15) is 13.2 Å². The molecule has 2 nitrogen and oxygen atoms in total. The number of rotatable bonds is 4. The number of halogens is 4. The van der Waals surface area contributed by atoms with Crippen molar-refractivity contribution in [3.63, 3.8) is 0 Å². The Morgan fingerprint density at radius 1 is 1.30 bits per heavy atom. The molecule has 0 heterocycles. The van der Waals surface area contributed by atoms with Gasteiger partial charge in [-0.1, -0.05) is 12.5 Å². The fourth-order valence-electron chi connectivity index (χ4n) is 2.49. The molecule has 0 aliphatic heterocycles. The summed E-state index contributed by atoms with van der Waals surface area (Å²) in [6.45, 7) is 0.363. The molecule has 1 aromatic carbocycles. The maximum absolute atomic E-state index is 13.4. The Morgan fingerprint density at radius 3 is 2.35 bits per heavy atom. The molecular weight excluding hydrogens is 274 g/mol. The van der Waals surface area contributed by atoms with E-state index < -0.39 is 17.6 Å². The molecule has 2 rings (SSSR count). The minimum atomic E-state index is -4.75. The second-order valence-corrected chi connectivity index (χ2v) is 5.35. The van der Waals surface area contributed by atoms with E-state index in [1.165, 1.54) is 0 Å². The summed E-state index contributed by atoms with van der Waals surface area (Å²) >= 11 is 0. The van der Waals surface area contributed by atoms with Crippen LogP contribution in [-0.4, -0.2) is 12.3 Å². The summed E-state index contributed by atoms with van der Waals surface area (Å²) in [6.07, 6.45) is -1.94. The van der Waals surface area contributed by atoms with E-state index in [9.17, 15) is 22.4 Å². The summed E-state index contributed by atoms with van der Waals surface area (Å²) in [7, 11) is 0. The van der Waals surface area contributed by atoms with Gasteiger partial charge in [-0.05, 0) is 36.9 Å². The van der Waals surface area contributed by atoms with Gasteiger partial charge in [0.05, 0.1) is 5.56 Å². The summed E-state index contributed by atoms with van der Waals surface area (Å²) in [5.74, 6) is -1.78. The number of Topliss-reactive ketones (excluding diaryl/α,β-unsaturated/α-hetero) is 1. The van der Waals surface area contributed by atoms with Crippen molar-refractivity contribution < 1.29 is 22.4 Å². The van der Waals surface area contributed by atoms with Crippen molar-refractivity contribution in [2.45, 2.75) is 31.9 Å². The first-order valence-electron chi connectivity index (χ1n) is 6.37. The number of hydrogen-bond acceptors (Lipinski definition) is 2.